The molecule has 0 radical (unpaired) electrons. The number of hydrogen-bond acceptors (Lipinski definition) is 6. The van der Waals surface area contributed by atoms with Crippen LogP contribution in [0.15, 0.2) is 71.6 Å². The van der Waals surface area contributed by atoms with E-state index in [1.807, 2.05) is 24.3 Å². The number of piperazine rings is 1. The molecule has 1 heterocycles. The molecule has 0 aromatic heterocycles. The van der Waals surface area contributed by atoms with Gasteiger partial charge >= 0.3 is 5.97 Å². The van der Waals surface area contributed by atoms with Crippen LogP contribution in [0.1, 0.15) is 10.4 Å². The van der Waals surface area contributed by atoms with Gasteiger partial charge in [-0.1, -0.05) is 30.3 Å². The van der Waals surface area contributed by atoms with E-state index in [9.17, 15) is 18.0 Å². The molecular formula is C24H24N2O6S. The third kappa shape index (κ3) is 4.99. The summed E-state index contributed by atoms with van der Waals surface area (Å²) >= 11 is 0. The van der Waals surface area contributed by atoms with Gasteiger partial charge in [0.1, 0.15) is 5.75 Å². The fourth-order valence-electron chi connectivity index (χ4n) is 3.70. The second-order valence-corrected chi connectivity index (χ2v) is 9.54. The molecule has 8 nitrogen and oxygen atoms in total. The Balaban J connectivity index is 1.33. The largest absolute Gasteiger partial charge is 0.484 e. The average Bonchev–Trinajstić information content (AvgIpc) is 2.86. The molecule has 33 heavy (non-hydrogen) atoms. The number of nitrogens with zero attached hydrogens (tertiary/aromatic N) is 2. The molecule has 172 valence electrons. The molecular weight excluding hydrogens is 444 g/mol. The summed E-state index contributed by atoms with van der Waals surface area (Å²) in [6.07, 6.45) is 0. The molecule has 0 atom stereocenters. The lowest BCUT2D eigenvalue weighted by atomic mass is 10.1. The zero-order chi connectivity index (χ0) is 23.4. The first-order valence-corrected chi connectivity index (χ1v) is 11.9. The maximum absolute atomic E-state index is 13.1. The van der Waals surface area contributed by atoms with Crippen molar-refractivity contribution in [2.24, 2.45) is 0 Å². The van der Waals surface area contributed by atoms with Crippen LogP contribution in [-0.2, 0) is 19.6 Å². The number of ether oxygens (including phenoxy) is 2. The zero-order valence-corrected chi connectivity index (χ0v) is 19.0. The molecule has 1 aliphatic heterocycles. The van der Waals surface area contributed by atoms with Gasteiger partial charge in [0.05, 0.1) is 17.6 Å². The first-order valence-electron chi connectivity index (χ1n) is 10.5. The standard InChI is InChI=1S/C24H24N2O6S/c1-31-24(28)19-6-9-21(10-7-19)32-17-23(27)25-12-14-26(15-13-25)33(29,30)22-11-8-18-4-2-3-5-20(18)16-22/h2-11,16H,12-15,17H2,1H3. The van der Waals surface area contributed by atoms with Gasteiger partial charge in [0.2, 0.25) is 10.0 Å². The Morgan fingerprint density at radius 1 is 0.879 bits per heavy atom. The van der Waals surface area contributed by atoms with Crippen molar-refractivity contribution in [1.82, 2.24) is 9.21 Å². The summed E-state index contributed by atoms with van der Waals surface area (Å²) in [6, 6.07) is 19.0. The topological polar surface area (TPSA) is 93.2 Å². The van der Waals surface area contributed by atoms with Gasteiger partial charge in [0.25, 0.3) is 5.91 Å². The summed E-state index contributed by atoms with van der Waals surface area (Å²) in [7, 11) is -2.34. The Morgan fingerprint density at radius 2 is 1.55 bits per heavy atom. The monoisotopic (exact) mass is 468 g/mol. The fourth-order valence-corrected chi connectivity index (χ4v) is 5.15. The lowest BCUT2D eigenvalue weighted by molar-refractivity contribution is -0.134. The molecule has 4 rings (SSSR count). The number of amides is 1. The van der Waals surface area contributed by atoms with Crippen molar-refractivity contribution in [1.29, 1.82) is 0 Å². The van der Waals surface area contributed by atoms with Crippen molar-refractivity contribution in [2.45, 2.75) is 4.90 Å². The Labute approximate surface area is 192 Å². The minimum absolute atomic E-state index is 0.172. The Bertz CT molecular complexity index is 1270. The van der Waals surface area contributed by atoms with Gasteiger partial charge in [-0.15, -0.1) is 0 Å². The van der Waals surface area contributed by atoms with Gasteiger partial charge < -0.3 is 14.4 Å². The van der Waals surface area contributed by atoms with E-state index in [1.165, 1.54) is 11.4 Å². The first-order chi connectivity index (χ1) is 15.9. The Hall–Kier alpha value is -3.43. The molecule has 1 aliphatic rings. The lowest BCUT2D eigenvalue weighted by Gasteiger charge is -2.34. The molecule has 9 heteroatoms. The van der Waals surface area contributed by atoms with Crippen LogP contribution in [0.25, 0.3) is 10.8 Å². The molecule has 0 aliphatic carbocycles. The van der Waals surface area contributed by atoms with E-state index in [4.69, 9.17) is 4.74 Å². The highest BCUT2D eigenvalue weighted by molar-refractivity contribution is 7.89. The Kier molecular flexibility index (Phi) is 6.62. The van der Waals surface area contributed by atoms with Crippen LogP contribution < -0.4 is 4.74 Å². The van der Waals surface area contributed by atoms with Crippen LogP contribution in [0.5, 0.6) is 5.75 Å². The number of sulfonamides is 1. The molecule has 1 amide bonds. The number of carbonyl (C=O) groups excluding carboxylic acids is 2. The van der Waals surface area contributed by atoms with Gasteiger partial charge in [-0.2, -0.15) is 4.31 Å². The molecule has 0 N–H and O–H groups in total. The maximum Gasteiger partial charge on any atom is 0.337 e. The third-order valence-corrected chi connectivity index (χ3v) is 7.48. The summed E-state index contributed by atoms with van der Waals surface area (Å²) in [5, 5.41) is 1.84. The van der Waals surface area contributed by atoms with Crippen molar-refractivity contribution < 1.29 is 27.5 Å². The fraction of sp³-hybridized carbons (Fsp3) is 0.250. The number of methoxy groups -OCH3 is 1. The predicted molar refractivity (Wildman–Crippen MR) is 123 cm³/mol. The van der Waals surface area contributed by atoms with Crippen LogP contribution in [-0.4, -0.2) is 69.4 Å². The van der Waals surface area contributed by atoms with Crippen molar-refractivity contribution in [3.63, 3.8) is 0 Å². The summed E-state index contributed by atoms with van der Waals surface area (Å²) in [5.74, 6) is -0.225. The van der Waals surface area contributed by atoms with E-state index in [0.29, 0.717) is 11.3 Å². The second kappa shape index (κ2) is 9.60. The first kappa shape index (κ1) is 22.8. The minimum atomic E-state index is -3.64. The summed E-state index contributed by atoms with van der Waals surface area (Å²) < 4.78 is 37.7. The number of fused-ring (bicyclic) bond motifs is 1. The predicted octanol–water partition coefficient (Wildman–Crippen LogP) is 2.54. The van der Waals surface area contributed by atoms with Gasteiger partial charge in [-0.05, 0) is 47.2 Å². The van der Waals surface area contributed by atoms with Gasteiger partial charge in [-0.3, -0.25) is 4.79 Å². The summed E-state index contributed by atoms with van der Waals surface area (Å²) in [6.45, 7) is 0.838. The van der Waals surface area contributed by atoms with Gasteiger partial charge in [-0.25, -0.2) is 13.2 Å². The van der Waals surface area contributed by atoms with E-state index < -0.39 is 16.0 Å². The molecule has 0 saturated carbocycles. The molecule has 0 unspecified atom stereocenters. The second-order valence-electron chi connectivity index (χ2n) is 7.60. The highest BCUT2D eigenvalue weighted by Crippen LogP contribution is 2.23. The van der Waals surface area contributed by atoms with Crippen LogP contribution in [0.2, 0.25) is 0 Å². The zero-order valence-electron chi connectivity index (χ0n) is 18.1. The normalized spacial score (nSPS) is 14.8. The van der Waals surface area contributed by atoms with Crippen LogP contribution in [0.3, 0.4) is 0 Å². The molecule has 3 aromatic carbocycles. The van der Waals surface area contributed by atoms with Crippen molar-refractivity contribution in [3.8, 4) is 5.75 Å². The minimum Gasteiger partial charge on any atom is -0.484 e. The van der Waals surface area contributed by atoms with E-state index >= 15 is 0 Å². The van der Waals surface area contributed by atoms with Gasteiger partial charge in [0, 0.05) is 26.2 Å². The number of esters is 1. The van der Waals surface area contributed by atoms with Gasteiger partial charge in [0.15, 0.2) is 6.61 Å². The highest BCUT2D eigenvalue weighted by Gasteiger charge is 2.30. The summed E-state index contributed by atoms with van der Waals surface area (Å²) in [5.41, 5.74) is 0.389. The summed E-state index contributed by atoms with van der Waals surface area (Å²) in [4.78, 5) is 25.8. The number of hydrogen-bond donors (Lipinski definition) is 0. The highest BCUT2D eigenvalue weighted by atomic mass is 32.2. The molecule has 3 aromatic rings. The number of benzene rings is 3. The van der Waals surface area contributed by atoms with Crippen LogP contribution in [0, 0.1) is 0 Å². The third-order valence-electron chi connectivity index (χ3n) is 5.59. The molecule has 0 bridgehead atoms. The smallest absolute Gasteiger partial charge is 0.337 e. The molecule has 0 spiro atoms. The average molecular weight is 469 g/mol. The van der Waals surface area contributed by atoms with Crippen LogP contribution in [0.4, 0.5) is 0 Å². The van der Waals surface area contributed by atoms with E-state index in [0.717, 1.165) is 10.8 Å². The molecule has 1 saturated heterocycles. The van der Waals surface area contributed by atoms with E-state index in [2.05, 4.69) is 4.74 Å². The molecule has 1 fully saturated rings. The van der Waals surface area contributed by atoms with Crippen molar-refractivity contribution in [2.75, 3.05) is 39.9 Å². The Morgan fingerprint density at radius 3 is 2.21 bits per heavy atom. The number of rotatable bonds is 6. The van der Waals surface area contributed by atoms with E-state index in [1.54, 1.807) is 47.4 Å². The van der Waals surface area contributed by atoms with Crippen molar-refractivity contribution in [3.05, 3.63) is 72.3 Å². The maximum atomic E-state index is 13.1. The quantitative estimate of drug-likeness (QED) is 0.516. The van der Waals surface area contributed by atoms with Crippen molar-refractivity contribution >= 4 is 32.7 Å². The lowest BCUT2D eigenvalue weighted by Crippen LogP contribution is -2.51. The van der Waals surface area contributed by atoms with E-state index in [-0.39, 0.29) is 43.6 Å². The number of carbonyl (C=O) groups is 2. The SMILES string of the molecule is COC(=O)c1ccc(OCC(=O)N2CCN(S(=O)(=O)c3ccc4ccccc4c3)CC2)cc1. The van der Waals surface area contributed by atoms with Crippen LogP contribution >= 0.6 is 0 Å².